The summed E-state index contributed by atoms with van der Waals surface area (Å²) in [6, 6.07) is 5.14. The Bertz CT molecular complexity index is 742. The van der Waals surface area contributed by atoms with Crippen LogP contribution in [0.25, 0.3) is 0 Å². The van der Waals surface area contributed by atoms with E-state index in [-0.39, 0.29) is 12.7 Å². The molecule has 1 aromatic carbocycles. The Labute approximate surface area is 143 Å². The van der Waals surface area contributed by atoms with Crippen molar-refractivity contribution >= 4 is 22.4 Å². The van der Waals surface area contributed by atoms with Gasteiger partial charge in [-0.15, -0.1) is 0 Å². The molecule has 0 spiro atoms. The number of hydrogen-bond acceptors (Lipinski definition) is 4. The Morgan fingerprint density at radius 3 is 2.50 bits per heavy atom. The van der Waals surface area contributed by atoms with Crippen LogP contribution < -0.4 is 0 Å². The fraction of sp³-hybridized carbons (Fsp3) is 0.500. The van der Waals surface area contributed by atoms with E-state index in [1.165, 1.54) is 11.3 Å². The zero-order chi connectivity index (χ0) is 17.9. The van der Waals surface area contributed by atoms with Crippen LogP contribution >= 0.6 is 0 Å². The van der Waals surface area contributed by atoms with Crippen LogP contribution in [0.3, 0.4) is 0 Å². The highest BCUT2D eigenvalue weighted by Crippen LogP contribution is 2.25. The van der Waals surface area contributed by atoms with Gasteiger partial charge in [-0.2, -0.15) is 10.1 Å². The van der Waals surface area contributed by atoms with Crippen molar-refractivity contribution in [3.63, 3.8) is 0 Å². The highest BCUT2D eigenvalue weighted by Gasteiger charge is 2.33. The second-order valence-electron chi connectivity index (χ2n) is 5.54. The molecule has 24 heavy (non-hydrogen) atoms. The Hall–Kier alpha value is -2.09. The first-order valence-electron chi connectivity index (χ1n) is 8.07. The Kier molecular flexibility index (Phi) is 5.48. The largest absolute Gasteiger partial charge is 0.342 e. The van der Waals surface area contributed by atoms with Crippen molar-refractivity contribution in [2.75, 3.05) is 19.8 Å². The Morgan fingerprint density at radius 2 is 1.92 bits per heavy atom. The molecule has 8 heteroatoms. The zero-order valence-electron chi connectivity index (χ0n) is 14.6. The molecular weight excluding hydrogens is 328 g/mol. The number of rotatable bonds is 5. The highest BCUT2D eigenvalue weighted by molar-refractivity contribution is 7.89. The molecule has 0 unspecified atom stereocenters. The molecule has 1 heterocycles. The highest BCUT2D eigenvalue weighted by atomic mass is 32.2. The number of hydrazone groups is 1. The Balaban J connectivity index is 2.28. The van der Waals surface area contributed by atoms with Crippen molar-refractivity contribution in [1.29, 1.82) is 0 Å². The van der Waals surface area contributed by atoms with E-state index in [0.29, 0.717) is 30.0 Å². The number of urea groups is 1. The molecule has 0 fully saturated rings. The predicted molar refractivity (Wildman–Crippen MR) is 93.1 cm³/mol. The van der Waals surface area contributed by atoms with Gasteiger partial charge in [-0.3, -0.25) is 0 Å². The fourth-order valence-corrected chi connectivity index (χ4v) is 4.39. The Morgan fingerprint density at radius 1 is 1.25 bits per heavy atom. The van der Waals surface area contributed by atoms with Crippen molar-refractivity contribution in [3.8, 4) is 0 Å². The second kappa shape index (κ2) is 7.21. The number of carbonyl (C=O) groups is 1. The molecule has 1 aromatic rings. The fourth-order valence-electron chi connectivity index (χ4n) is 2.71. The van der Waals surface area contributed by atoms with Crippen LogP contribution in [0.2, 0.25) is 0 Å². The third-order valence-electron chi connectivity index (χ3n) is 4.09. The summed E-state index contributed by atoms with van der Waals surface area (Å²) < 4.78 is 27.1. The number of aryl methyl sites for hydroxylation is 2. The minimum atomic E-state index is -3.75. The van der Waals surface area contributed by atoms with E-state index < -0.39 is 10.0 Å². The molecule has 1 aliphatic heterocycles. The lowest BCUT2D eigenvalue weighted by molar-refractivity contribution is 0.158. The maximum absolute atomic E-state index is 13.0. The lowest BCUT2D eigenvalue weighted by Crippen LogP contribution is -2.42. The molecule has 1 aliphatic rings. The molecule has 132 valence electrons. The van der Waals surface area contributed by atoms with Crippen LogP contribution in [0.15, 0.2) is 28.2 Å². The van der Waals surface area contributed by atoms with Crippen LogP contribution in [-0.4, -0.2) is 54.8 Å². The average molecular weight is 352 g/mol. The number of amides is 2. The van der Waals surface area contributed by atoms with Crippen molar-refractivity contribution < 1.29 is 13.2 Å². The maximum atomic E-state index is 13.0. The van der Waals surface area contributed by atoms with Gasteiger partial charge in [0.15, 0.2) is 0 Å². The first-order valence-corrected chi connectivity index (χ1v) is 9.51. The molecule has 0 aromatic heterocycles. The van der Waals surface area contributed by atoms with E-state index in [0.717, 1.165) is 9.87 Å². The summed E-state index contributed by atoms with van der Waals surface area (Å²) in [4.78, 5) is 14.2. The van der Waals surface area contributed by atoms with Gasteiger partial charge in [0.1, 0.15) is 13.0 Å². The van der Waals surface area contributed by atoms with E-state index in [9.17, 15) is 13.2 Å². The van der Waals surface area contributed by atoms with E-state index in [1.807, 2.05) is 32.9 Å². The standard InChI is InChI=1S/C16H24N4O3S/c1-5-14-10-8-9-13(4)15(14)24(22,23)19-11-17-20(12-19)16(21)18(6-2)7-3/h8-11H,5-7,12H2,1-4H3. The molecular formula is C16H24N4O3S. The van der Waals surface area contributed by atoms with E-state index in [2.05, 4.69) is 5.10 Å². The van der Waals surface area contributed by atoms with Gasteiger partial charge in [0, 0.05) is 13.1 Å². The lowest BCUT2D eigenvalue weighted by Gasteiger charge is -2.25. The molecule has 7 nitrogen and oxygen atoms in total. The topological polar surface area (TPSA) is 73.3 Å². The molecule has 2 amide bonds. The molecule has 0 saturated carbocycles. The van der Waals surface area contributed by atoms with Crippen molar-refractivity contribution in [1.82, 2.24) is 14.2 Å². The van der Waals surface area contributed by atoms with E-state index in [1.54, 1.807) is 17.9 Å². The summed E-state index contributed by atoms with van der Waals surface area (Å²) in [5.41, 5.74) is 1.45. The van der Waals surface area contributed by atoms with Gasteiger partial charge in [0.05, 0.1) is 4.90 Å². The SMILES string of the molecule is CCc1cccc(C)c1S(=O)(=O)N1C=NN(C(=O)N(CC)CC)C1. The predicted octanol–water partition coefficient (Wildman–Crippen LogP) is 2.23. The minimum Gasteiger partial charge on any atom is -0.324 e. The smallest absolute Gasteiger partial charge is 0.324 e. The summed E-state index contributed by atoms with van der Waals surface area (Å²) in [7, 11) is -3.75. The second-order valence-corrected chi connectivity index (χ2v) is 7.36. The number of carbonyl (C=O) groups excluding carboxylic acids is 1. The number of benzene rings is 1. The third-order valence-corrected chi connectivity index (χ3v) is 6.02. The van der Waals surface area contributed by atoms with Crippen LogP contribution in [0.5, 0.6) is 0 Å². The van der Waals surface area contributed by atoms with E-state index >= 15 is 0 Å². The molecule has 0 bridgehead atoms. The monoisotopic (exact) mass is 352 g/mol. The van der Waals surface area contributed by atoms with Gasteiger partial charge in [-0.1, -0.05) is 25.1 Å². The van der Waals surface area contributed by atoms with Gasteiger partial charge in [0.25, 0.3) is 10.0 Å². The van der Waals surface area contributed by atoms with Crippen LogP contribution in [0, 0.1) is 6.92 Å². The van der Waals surface area contributed by atoms with Gasteiger partial charge in [-0.25, -0.2) is 17.5 Å². The van der Waals surface area contributed by atoms with Gasteiger partial charge < -0.3 is 4.90 Å². The summed E-state index contributed by atoms with van der Waals surface area (Å²) in [5.74, 6) is 0. The van der Waals surface area contributed by atoms with Crippen LogP contribution in [0.1, 0.15) is 31.9 Å². The average Bonchev–Trinajstić information content (AvgIpc) is 3.06. The molecule has 0 aliphatic carbocycles. The lowest BCUT2D eigenvalue weighted by atomic mass is 10.1. The summed E-state index contributed by atoms with van der Waals surface area (Å²) in [6.07, 6.45) is 1.83. The van der Waals surface area contributed by atoms with Crippen molar-refractivity contribution in [3.05, 3.63) is 29.3 Å². The first-order chi connectivity index (χ1) is 11.4. The number of sulfonamides is 1. The summed E-state index contributed by atoms with van der Waals surface area (Å²) >= 11 is 0. The summed E-state index contributed by atoms with van der Waals surface area (Å²) in [5, 5.41) is 5.15. The van der Waals surface area contributed by atoms with Crippen molar-refractivity contribution in [2.24, 2.45) is 5.10 Å². The van der Waals surface area contributed by atoms with Gasteiger partial charge >= 0.3 is 6.03 Å². The van der Waals surface area contributed by atoms with Gasteiger partial charge in [0.2, 0.25) is 0 Å². The number of nitrogens with zero attached hydrogens (tertiary/aromatic N) is 4. The zero-order valence-corrected chi connectivity index (χ0v) is 15.4. The molecule has 2 rings (SSSR count). The number of hydrogen-bond donors (Lipinski definition) is 0. The quantitative estimate of drug-likeness (QED) is 0.816. The molecule has 0 radical (unpaired) electrons. The third kappa shape index (κ3) is 3.24. The minimum absolute atomic E-state index is 0.102. The van der Waals surface area contributed by atoms with Crippen molar-refractivity contribution in [2.45, 2.75) is 39.0 Å². The maximum Gasteiger partial charge on any atom is 0.342 e. The molecule has 0 saturated heterocycles. The molecule has 0 atom stereocenters. The van der Waals surface area contributed by atoms with Crippen LogP contribution in [-0.2, 0) is 16.4 Å². The normalized spacial score (nSPS) is 14.3. The first kappa shape index (κ1) is 18.3. The molecule has 0 N–H and O–H groups in total. The summed E-state index contributed by atoms with van der Waals surface area (Å²) in [6.45, 7) is 8.43. The van der Waals surface area contributed by atoms with Crippen LogP contribution in [0.4, 0.5) is 4.79 Å². The van der Waals surface area contributed by atoms with Gasteiger partial charge in [-0.05, 0) is 38.3 Å². The van der Waals surface area contributed by atoms with E-state index in [4.69, 9.17) is 0 Å².